The minimum absolute atomic E-state index is 0.0456. The van der Waals surface area contributed by atoms with E-state index < -0.39 is 7.60 Å². The Morgan fingerprint density at radius 2 is 1.23 bits per heavy atom. The Bertz CT molecular complexity index is 567. The van der Waals surface area contributed by atoms with E-state index in [1.165, 1.54) is 0 Å². The molecule has 0 bridgehead atoms. The molecule has 0 aromatic heterocycles. The van der Waals surface area contributed by atoms with Crippen LogP contribution in [0.25, 0.3) is 0 Å². The van der Waals surface area contributed by atoms with Crippen LogP contribution < -0.4 is 15.5 Å². The van der Waals surface area contributed by atoms with Crippen LogP contribution in [0.2, 0.25) is 0 Å². The summed E-state index contributed by atoms with van der Waals surface area (Å²) in [5.41, 5.74) is 0. The zero-order valence-corrected chi connectivity index (χ0v) is 23.0. The summed E-state index contributed by atoms with van der Waals surface area (Å²) in [5, 5.41) is 5.63. The summed E-state index contributed by atoms with van der Waals surface area (Å²) in [5.74, 6) is 0.815. The largest absolute Gasteiger partial charge is 0.779 e. The molecule has 0 aliphatic rings. The summed E-state index contributed by atoms with van der Waals surface area (Å²) in [4.78, 5) is 34.0. The lowest BCUT2D eigenvalue weighted by Gasteiger charge is -2.17. The van der Waals surface area contributed by atoms with Crippen LogP contribution in [0.15, 0.2) is 0 Å². The van der Waals surface area contributed by atoms with Gasteiger partial charge in [0.25, 0.3) is 0 Å². The quantitative estimate of drug-likeness (QED) is 0.121. The van der Waals surface area contributed by atoms with E-state index in [0.717, 1.165) is 31.7 Å². The van der Waals surface area contributed by atoms with Crippen LogP contribution in [0.5, 0.6) is 0 Å². The number of hydrogen-bond donors (Lipinski definition) is 2. The number of amides is 2. The van der Waals surface area contributed by atoms with E-state index in [1.54, 1.807) is 11.8 Å². The Labute approximate surface area is 214 Å². The van der Waals surface area contributed by atoms with E-state index >= 15 is 0 Å². The molecule has 0 rings (SSSR count). The van der Waals surface area contributed by atoms with E-state index in [1.807, 2.05) is 6.26 Å². The van der Waals surface area contributed by atoms with Crippen LogP contribution >= 0.6 is 19.4 Å². The first-order valence-electron chi connectivity index (χ1n) is 12.1. The highest BCUT2D eigenvalue weighted by Gasteiger charge is 2.02. The van der Waals surface area contributed by atoms with E-state index in [-0.39, 0.29) is 18.4 Å². The Morgan fingerprint density at radius 3 is 1.83 bits per heavy atom. The van der Waals surface area contributed by atoms with Crippen molar-refractivity contribution in [2.45, 2.75) is 38.5 Å². The summed E-state index contributed by atoms with van der Waals surface area (Å²) in [7, 11) is -3.62. The zero-order valence-electron chi connectivity index (χ0n) is 21.3. The van der Waals surface area contributed by atoms with Crippen LogP contribution in [0, 0.1) is 0 Å². The van der Waals surface area contributed by atoms with Gasteiger partial charge in [0.15, 0.2) is 0 Å². The topological polar surface area (TPSA) is 144 Å². The van der Waals surface area contributed by atoms with Gasteiger partial charge in [0.2, 0.25) is 11.8 Å². The molecule has 0 aromatic carbocycles. The third-order valence-corrected chi connectivity index (χ3v) is 5.67. The second-order valence-corrected chi connectivity index (χ2v) is 10.4. The highest BCUT2D eigenvalue weighted by Crippen LogP contribution is 2.30. The van der Waals surface area contributed by atoms with E-state index in [4.69, 9.17) is 23.5 Å². The molecule has 0 aliphatic carbocycles. The first-order valence-corrected chi connectivity index (χ1v) is 15.5. The fourth-order valence-electron chi connectivity index (χ4n) is 2.60. The lowest BCUT2D eigenvalue weighted by atomic mass is 10.2. The predicted octanol–water partition coefficient (Wildman–Crippen LogP) is 1.19. The number of hydrogen-bond acceptors (Lipinski definition) is 10. The van der Waals surface area contributed by atoms with Gasteiger partial charge in [-0.2, -0.15) is 11.8 Å². The van der Waals surface area contributed by atoms with Gasteiger partial charge in [0.05, 0.1) is 59.5 Å². The fraction of sp³-hybridized carbons (Fsp3) is 0.909. The number of unbranched alkanes of at least 4 members (excludes halogenated alkanes) is 3. The monoisotopic (exact) mass is 543 g/mol. The molecule has 0 fully saturated rings. The van der Waals surface area contributed by atoms with E-state index in [2.05, 4.69) is 10.6 Å². The third-order valence-electron chi connectivity index (χ3n) is 4.41. The minimum atomic E-state index is -3.62. The number of carbonyl (C=O) groups excluding carboxylic acids is 2. The molecule has 35 heavy (non-hydrogen) atoms. The molecule has 0 aliphatic heterocycles. The SMILES string of the molecule is CSCCC(=O)NCCOCCOCCOCCOCCC(=O)NCCCCCCOP(C)(=O)[O-]. The van der Waals surface area contributed by atoms with Crippen LogP contribution in [0.4, 0.5) is 0 Å². The second-order valence-electron chi connectivity index (χ2n) is 7.66. The maximum absolute atomic E-state index is 11.7. The molecule has 208 valence electrons. The predicted molar refractivity (Wildman–Crippen MR) is 135 cm³/mol. The molecule has 2 N–H and O–H groups in total. The lowest BCUT2D eigenvalue weighted by Crippen LogP contribution is -2.27. The first-order chi connectivity index (χ1) is 16.8. The van der Waals surface area contributed by atoms with Crippen molar-refractivity contribution in [2.75, 3.05) is 91.2 Å². The Morgan fingerprint density at radius 1 is 0.714 bits per heavy atom. The summed E-state index contributed by atoms with van der Waals surface area (Å²) in [6, 6.07) is 0. The highest BCUT2D eigenvalue weighted by molar-refractivity contribution is 7.98. The smallest absolute Gasteiger partial charge is 0.222 e. The number of nitrogens with one attached hydrogen (secondary N) is 2. The first kappa shape index (κ1) is 34.3. The molecule has 0 saturated heterocycles. The zero-order chi connectivity index (χ0) is 26.0. The maximum Gasteiger partial charge on any atom is 0.222 e. The molecule has 0 radical (unpaired) electrons. The molecule has 1 atom stereocenters. The normalized spacial score (nSPS) is 12.9. The van der Waals surface area contributed by atoms with Gasteiger partial charge in [0.1, 0.15) is 7.60 Å². The fourth-order valence-corrected chi connectivity index (χ4v) is 3.45. The summed E-state index contributed by atoms with van der Waals surface area (Å²) in [6.07, 6.45) is 6.09. The summed E-state index contributed by atoms with van der Waals surface area (Å²) < 4.78 is 37.1. The van der Waals surface area contributed by atoms with E-state index in [0.29, 0.717) is 85.2 Å². The average Bonchev–Trinajstić information content (AvgIpc) is 2.81. The highest BCUT2D eigenvalue weighted by atomic mass is 32.2. The molecular formula is C22H44N2O9PS-. The van der Waals surface area contributed by atoms with Gasteiger partial charge in [-0.25, -0.2) is 0 Å². The number of carbonyl (C=O) groups is 2. The Hall–Kier alpha value is -0.720. The van der Waals surface area contributed by atoms with Gasteiger partial charge >= 0.3 is 0 Å². The van der Waals surface area contributed by atoms with Gasteiger partial charge in [-0.15, -0.1) is 0 Å². The van der Waals surface area contributed by atoms with Crippen molar-refractivity contribution in [3.05, 3.63) is 0 Å². The number of thioether (sulfide) groups is 1. The number of ether oxygens (including phenoxy) is 4. The Balaban J connectivity index is 3.22. The molecule has 2 amide bonds. The van der Waals surface area contributed by atoms with Crippen LogP contribution in [0.1, 0.15) is 38.5 Å². The van der Waals surface area contributed by atoms with Crippen molar-refractivity contribution in [1.82, 2.24) is 10.6 Å². The van der Waals surface area contributed by atoms with Crippen molar-refractivity contribution < 1.29 is 42.5 Å². The van der Waals surface area contributed by atoms with Crippen molar-refractivity contribution in [3.8, 4) is 0 Å². The van der Waals surface area contributed by atoms with Gasteiger partial charge in [-0.1, -0.05) is 12.8 Å². The van der Waals surface area contributed by atoms with Crippen LogP contribution in [0.3, 0.4) is 0 Å². The van der Waals surface area contributed by atoms with Crippen molar-refractivity contribution in [2.24, 2.45) is 0 Å². The van der Waals surface area contributed by atoms with Gasteiger partial charge in [0, 0.05) is 38.3 Å². The van der Waals surface area contributed by atoms with Crippen molar-refractivity contribution >= 4 is 31.2 Å². The van der Waals surface area contributed by atoms with Crippen molar-refractivity contribution in [3.63, 3.8) is 0 Å². The molecule has 11 nitrogen and oxygen atoms in total. The lowest BCUT2D eigenvalue weighted by molar-refractivity contribution is -0.196. The molecular weight excluding hydrogens is 499 g/mol. The standard InChI is InChI=1S/C22H45N2O9PS/c1-34(27,28)33-11-6-4-3-5-9-23-21(25)7-12-29-14-16-31-18-19-32-17-15-30-13-10-24-22(26)8-20-35-2/h3-20H2,1-2H3,(H,23,25)(H,24,26)(H,27,28)/p-1. The molecule has 0 saturated carbocycles. The Kier molecular flexibility index (Phi) is 24.4. The average molecular weight is 544 g/mol. The van der Waals surface area contributed by atoms with Gasteiger partial charge < -0.3 is 43.6 Å². The molecule has 0 spiro atoms. The third kappa shape index (κ3) is 29.4. The van der Waals surface area contributed by atoms with Crippen LogP contribution in [-0.4, -0.2) is 103 Å². The van der Waals surface area contributed by atoms with Crippen LogP contribution in [-0.2, 0) is 37.6 Å². The molecule has 1 unspecified atom stereocenters. The maximum atomic E-state index is 11.7. The number of rotatable bonds is 26. The van der Waals surface area contributed by atoms with E-state index in [9.17, 15) is 19.0 Å². The molecule has 13 heteroatoms. The summed E-state index contributed by atoms with van der Waals surface area (Å²) in [6.45, 7) is 5.87. The van der Waals surface area contributed by atoms with Gasteiger partial charge in [-0.05, 0) is 19.1 Å². The minimum Gasteiger partial charge on any atom is -0.779 e. The van der Waals surface area contributed by atoms with Gasteiger partial charge in [-0.3, -0.25) is 9.59 Å². The second kappa shape index (κ2) is 25.0. The summed E-state index contributed by atoms with van der Waals surface area (Å²) >= 11 is 1.65. The molecule has 0 aromatic rings. The molecule has 0 heterocycles. The van der Waals surface area contributed by atoms with Crippen molar-refractivity contribution in [1.29, 1.82) is 0 Å².